The van der Waals surface area contributed by atoms with Gasteiger partial charge in [-0.2, -0.15) is 4.98 Å². The number of nitrogen functional groups attached to an aromatic ring is 1. The van der Waals surface area contributed by atoms with E-state index >= 15 is 0 Å². The van der Waals surface area contributed by atoms with E-state index in [0.717, 1.165) is 29.6 Å². The summed E-state index contributed by atoms with van der Waals surface area (Å²) in [5.74, 6) is 0.929. The zero-order valence-corrected chi connectivity index (χ0v) is 11.6. The summed E-state index contributed by atoms with van der Waals surface area (Å²) >= 11 is 0. The Morgan fingerprint density at radius 3 is 3.10 bits per heavy atom. The summed E-state index contributed by atoms with van der Waals surface area (Å²) in [7, 11) is 0. The number of hydrogen-bond acceptors (Lipinski definition) is 6. The number of benzene rings is 1. The molecule has 2 aromatic heterocycles. The molecule has 1 aliphatic heterocycles. The molecule has 6 heteroatoms. The maximum atomic E-state index is 5.89. The van der Waals surface area contributed by atoms with Gasteiger partial charge in [0.2, 0.25) is 5.95 Å². The van der Waals surface area contributed by atoms with Crippen molar-refractivity contribution in [2.24, 2.45) is 0 Å². The molecule has 108 valence electrons. The van der Waals surface area contributed by atoms with Crippen molar-refractivity contribution in [3.63, 3.8) is 0 Å². The summed E-state index contributed by atoms with van der Waals surface area (Å²) in [6.07, 6.45) is 2.40. The molecule has 4 N–H and O–H groups in total. The Morgan fingerprint density at radius 2 is 2.24 bits per heavy atom. The standard InChI is InChI=1S/C15H17N5O/c16-15-19-12-10-5-1-2-6-11(10)21-13(12)14(20-15)18-8-9-4-3-7-17-9/h1-2,5-6,9,17H,3-4,7-8H2,(H3,16,18,19,20). The van der Waals surface area contributed by atoms with Gasteiger partial charge in [-0.25, -0.2) is 4.98 Å². The molecule has 0 aliphatic carbocycles. The minimum Gasteiger partial charge on any atom is -0.450 e. The Bertz CT molecular complexity index is 791. The van der Waals surface area contributed by atoms with E-state index in [0.29, 0.717) is 17.4 Å². The molecule has 0 saturated carbocycles. The number of furan rings is 1. The van der Waals surface area contributed by atoms with Gasteiger partial charge in [0.1, 0.15) is 11.1 Å². The van der Waals surface area contributed by atoms with Gasteiger partial charge in [-0.15, -0.1) is 0 Å². The Hall–Kier alpha value is -2.34. The number of rotatable bonds is 3. The van der Waals surface area contributed by atoms with Gasteiger partial charge in [-0.1, -0.05) is 12.1 Å². The van der Waals surface area contributed by atoms with Gasteiger partial charge in [0.05, 0.1) is 0 Å². The smallest absolute Gasteiger partial charge is 0.222 e. The van der Waals surface area contributed by atoms with Crippen LogP contribution in [0.3, 0.4) is 0 Å². The van der Waals surface area contributed by atoms with Crippen molar-refractivity contribution < 1.29 is 4.42 Å². The summed E-state index contributed by atoms with van der Waals surface area (Å²) in [6, 6.07) is 8.29. The van der Waals surface area contributed by atoms with Crippen molar-refractivity contribution in [1.82, 2.24) is 15.3 Å². The number of anilines is 2. The lowest BCUT2D eigenvalue weighted by molar-refractivity contribution is 0.629. The van der Waals surface area contributed by atoms with Crippen LogP contribution < -0.4 is 16.4 Å². The minimum absolute atomic E-state index is 0.260. The van der Waals surface area contributed by atoms with Gasteiger partial charge in [0.15, 0.2) is 11.4 Å². The summed E-state index contributed by atoms with van der Waals surface area (Å²) in [4.78, 5) is 8.61. The first-order valence-electron chi connectivity index (χ1n) is 7.23. The third kappa shape index (κ3) is 2.17. The first-order valence-corrected chi connectivity index (χ1v) is 7.23. The predicted molar refractivity (Wildman–Crippen MR) is 83.2 cm³/mol. The molecular weight excluding hydrogens is 266 g/mol. The second-order valence-electron chi connectivity index (χ2n) is 5.38. The third-order valence-electron chi connectivity index (χ3n) is 3.92. The number of nitrogens with one attached hydrogen (secondary N) is 2. The number of hydrogen-bond donors (Lipinski definition) is 3. The molecule has 1 aromatic carbocycles. The van der Waals surface area contributed by atoms with Crippen LogP contribution >= 0.6 is 0 Å². The molecule has 3 aromatic rings. The first kappa shape index (κ1) is 12.4. The second kappa shape index (κ2) is 4.89. The highest BCUT2D eigenvalue weighted by molar-refractivity contribution is 6.05. The van der Waals surface area contributed by atoms with E-state index < -0.39 is 0 Å². The fraction of sp³-hybridized carbons (Fsp3) is 0.333. The molecule has 1 unspecified atom stereocenters. The van der Waals surface area contributed by atoms with Crippen LogP contribution in [0, 0.1) is 0 Å². The molecule has 0 radical (unpaired) electrons. The lowest BCUT2D eigenvalue weighted by Gasteiger charge is -2.12. The molecule has 6 nitrogen and oxygen atoms in total. The summed E-state index contributed by atoms with van der Waals surface area (Å²) in [5, 5.41) is 7.75. The van der Waals surface area contributed by atoms with Crippen LogP contribution in [0.4, 0.5) is 11.8 Å². The summed E-state index contributed by atoms with van der Waals surface area (Å²) in [5.41, 5.74) is 8.07. The number of aromatic nitrogens is 2. The van der Waals surface area contributed by atoms with Crippen molar-refractivity contribution in [2.75, 3.05) is 24.1 Å². The summed E-state index contributed by atoms with van der Waals surface area (Å²) in [6.45, 7) is 1.89. The van der Waals surface area contributed by atoms with E-state index in [4.69, 9.17) is 10.2 Å². The molecule has 0 spiro atoms. The SMILES string of the molecule is Nc1nc(NCC2CCCN2)c2oc3ccccc3c2n1. The third-order valence-corrected chi connectivity index (χ3v) is 3.92. The topological polar surface area (TPSA) is 89.0 Å². The van der Waals surface area contributed by atoms with Crippen LogP contribution in [-0.4, -0.2) is 29.1 Å². The monoisotopic (exact) mass is 283 g/mol. The molecule has 1 atom stereocenters. The molecule has 1 fully saturated rings. The molecule has 21 heavy (non-hydrogen) atoms. The van der Waals surface area contributed by atoms with Crippen LogP contribution in [0.1, 0.15) is 12.8 Å². The molecule has 0 bridgehead atoms. The van der Waals surface area contributed by atoms with Crippen LogP contribution in [0.15, 0.2) is 28.7 Å². The van der Waals surface area contributed by atoms with E-state index in [9.17, 15) is 0 Å². The number of para-hydroxylation sites is 1. The zero-order chi connectivity index (χ0) is 14.2. The average Bonchev–Trinajstić information content (AvgIpc) is 3.12. The Labute approximate surface area is 121 Å². The van der Waals surface area contributed by atoms with Gasteiger partial charge in [0.25, 0.3) is 0 Å². The van der Waals surface area contributed by atoms with E-state index in [-0.39, 0.29) is 5.95 Å². The number of nitrogens with zero attached hydrogens (tertiary/aromatic N) is 2. The lowest BCUT2D eigenvalue weighted by atomic mass is 10.2. The Kier molecular flexibility index (Phi) is 2.89. The van der Waals surface area contributed by atoms with E-state index in [1.54, 1.807) is 0 Å². The maximum absolute atomic E-state index is 5.89. The summed E-state index contributed by atoms with van der Waals surface area (Å²) < 4.78 is 5.89. The lowest BCUT2D eigenvalue weighted by Crippen LogP contribution is -2.29. The average molecular weight is 283 g/mol. The van der Waals surface area contributed by atoms with Crippen molar-refractivity contribution in [3.8, 4) is 0 Å². The van der Waals surface area contributed by atoms with Crippen molar-refractivity contribution in [1.29, 1.82) is 0 Å². The van der Waals surface area contributed by atoms with Crippen molar-refractivity contribution in [2.45, 2.75) is 18.9 Å². The van der Waals surface area contributed by atoms with Gasteiger partial charge in [-0.3, -0.25) is 0 Å². The van der Waals surface area contributed by atoms with Crippen LogP contribution in [0.2, 0.25) is 0 Å². The van der Waals surface area contributed by atoms with E-state index in [1.165, 1.54) is 12.8 Å². The fourth-order valence-electron chi connectivity index (χ4n) is 2.88. The molecule has 1 aliphatic rings. The van der Waals surface area contributed by atoms with Gasteiger partial charge in [0, 0.05) is 18.0 Å². The first-order chi connectivity index (χ1) is 10.3. The predicted octanol–water partition coefficient (Wildman–Crippen LogP) is 2.12. The molecule has 0 amide bonds. The quantitative estimate of drug-likeness (QED) is 0.682. The maximum Gasteiger partial charge on any atom is 0.222 e. The molecule has 4 rings (SSSR count). The van der Waals surface area contributed by atoms with Crippen LogP contribution in [0.5, 0.6) is 0 Å². The highest BCUT2D eigenvalue weighted by atomic mass is 16.3. The highest BCUT2D eigenvalue weighted by Crippen LogP contribution is 2.31. The van der Waals surface area contributed by atoms with E-state index in [2.05, 4.69) is 20.6 Å². The highest BCUT2D eigenvalue weighted by Gasteiger charge is 2.17. The van der Waals surface area contributed by atoms with E-state index in [1.807, 2.05) is 24.3 Å². The molecule has 3 heterocycles. The number of nitrogens with two attached hydrogens (primary N) is 1. The normalized spacial score (nSPS) is 18.6. The second-order valence-corrected chi connectivity index (χ2v) is 5.38. The number of fused-ring (bicyclic) bond motifs is 3. The van der Waals surface area contributed by atoms with Crippen molar-refractivity contribution >= 4 is 33.8 Å². The van der Waals surface area contributed by atoms with Crippen LogP contribution in [0.25, 0.3) is 22.1 Å². The Balaban J connectivity index is 1.76. The van der Waals surface area contributed by atoms with Gasteiger partial charge in [-0.05, 0) is 31.5 Å². The fourth-order valence-corrected chi connectivity index (χ4v) is 2.88. The molecular formula is C15H17N5O. The molecule has 1 saturated heterocycles. The van der Waals surface area contributed by atoms with Crippen LogP contribution in [-0.2, 0) is 0 Å². The van der Waals surface area contributed by atoms with Gasteiger partial charge < -0.3 is 20.8 Å². The van der Waals surface area contributed by atoms with Gasteiger partial charge >= 0.3 is 0 Å². The van der Waals surface area contributed by atoms with Crippen molar-refractivity contribution in [3.05, 3.63) is 24.3 Å². The minimum atomic E-state index is 0.260. The Morgan fingerprint density at radius 1 is 1.33 bits per heavy atom. The zero-order valence-electron chi connectivity index (χ0n) is 11.6. The largest absolute Gasteiger partial charge is 0.450 e.